The van der Waals surface area contributed by atoms with Crippen LogP contribution in [-0.4, -0.2) is 27.6 Å². The van der Waals surface area contributed by atoms with Crippen molar-refractivity contribution in [3.05, 3.63) is 24.3 Å². The van der Waals surface area contributed by atoms with Crippen molar-refractivity contribution < 1.29 is 19.8 Å². The standard InChI is InChI=1S/C23H36O4/c1-23(27,17-18-9-5-4-6-10-18)16-15-19-13-14-21(24)20(19)11-7-2-3-8-12-22(25)26/h5,9,15-16,18-20,27H,2-4,6-8,10-14,17H2,1H3,(H,25,26)/b16-15+/t18?,19-,20-,23?/m1/s1. The van der Waals surface area contributed by atoms with Crippen molar-refractivity contribution in [1.29, 1.82) is 0 Å². The van der Waals surface area contributed by atoms with Crippen LogP contribution in [0, 0.1) is 17.8 Å². The molecule has 1 saturated carbocycles. The molecule has 2 aliphatic rings. The predicted molar refractivity (Wildman–Crippen MR) is 107 cm³/mol. The number of hydrogen-bond acceptors (Lipinski definition) is 3. The van der Waals surface area contributed by atoms with Crippen molar-refractivity contribution in [2.45, 2.75) is 89.6 Å². The second-order valence-electron chi connectivity index (χ2n) is 8.66. The van der Waals surface area contributed by atoms with Gasteiger partial charge in [0.15, 0.2) is 0 Å². The van der Waals surface area contributed by atoms with Crippen molar-refractivity contribution >= 4 is 11.8 Å². The number of unbranched alkanes of at least 4 members (excludes halogenated alkanes) is 3. The third-order valence-electron chi connectivity index (χ3n) is 6.04. The Morgan fingerprint density at radius 3 is 2.74 bits per heavy atom. The number of allylic oxidation sites excluding steroid dienone is 3. The Labute approximate surface area is 163 Å². The van der Waals surface area contributed by atoms with Crippen molar-refractivity contribution in [3.8, 4) is 0 Å². The zero-order valence-electron chi connectivity index (χ0n) is 16.7. The first-order valence-electron chi connectivity index (χ1n) is 10.7. The first-order valence-corrected chi connectivity index (χ1v) is 10.7. The lowest BCUT2D eigenvalue weighted by Gasteiger charge is -2.26. The molecule has 0 aliphatic heterocycles. The van der Waals surface area contributed by atoms with Gasteiger partial charge in [-0.15, -0.1) is 0 Å². The Balaban J connectivity index is 1.78. The van der Waals surface area contributed by atoms with Gasteiger partial charge >= 0.3 is 5.97 Å². The van der Waals surface area contributed by atoms with Crippen LogP contribution in [0.2, 0.25) is 0 Å². The monoisotopic (exact) mass is 376 g/mol. The lowest BCUT2D eigenvalue weighted by Crippen LogP contribution is -2.25. The highest BCUT2D eigenvalue weighted by molar-refractivity contribution is 5.83. The minimum Gasteiger partial charge on any atom is -0.481 e. The van der Waals surface area contributed by atoms with Crippen molar-refractivity contribution in [3.63, 3.8) is 0 Å². The first-order chi connectivity index (χ1) is 12.9. The van der Waals surface area contributed by atoms with E-state index in [1.54, 1.807) is 0 Å². The molecule has 4 heteroatoms. The van der Waals surface area contributed by atoms with Gasteiger partial charge < -0.3 is 10.2 Å². The second kappa shape index (κ2) is 10.8. The van der Waals surface area contributed by atoms with E-state index >= 15 is 0 Å². The minimum atomic E-state index is -0.820. The maximum atomic E-state index is 12.3. The average molecular weight is 377 g/mol. The molecule has 4 atom stereocenters. The topological polar surface area (TPSA) is 74.6 Å². The van der Waals surface area contributed by atoms with Crippen molar-refractivity contribution in [1.82, 2.24) is 0 Å². The number of aliphatic hydroxyl groups is 1. The summed E-state index contributed by atoms with van der Waals surface area (Å²) < 4.78 is 0. The van der Waals surface area contributed by atoms with Gasteiger partial charge in [0, 0.05) is 18.8 Å². The van der Waals surface area contributed by atoms with Crippen LogP contribution in [-0.2, 0) is 9.59 Å². The summed E-state index contributed by atoms with van der Waals surface area (Å²) in [5.41, 5.74) is -0.820. The van der Waals surface area contributed by atoms with E-state index in [4.69, 9.17) is 5.11 Å². The van der Waals surface area contributed by atoms with E-state index in [9.17, 15) is 14.7 Å². The maximum absolute atomic E-state index is 12.3. The van der Waals surface area contributed by atoms with Gasteiger partial charge in [0.2, 0.25) is 0 Å². The minimum absolute atomic E-state index is 0.0751. The van der Waals surface area contributed by atoms with Crippen LogP contribution < -0.4 is 0 Å². The van der Waals surface area contributed by atoms with Crippen LogP contribution in [0.15, 0.2) is 24.3 Å². The lowest BCUT2D eigenvalue weighted by molar-refractivity contribution is -0.137. The third-order valence-corrected chi connectivity index (χ3v) is 6.04. The average Bonchev–Trinajstić information content (AvgIpc) is 2.96. The molecular formula is C23H36O4. The largest absolute Gasteiger partial charge is 0.481 e. The molecule has 0 heterocycles. The van der Waals surface area contributed by atoms with E-state index < -0.39 is 11.6 Å². The molecule has 0 saturated heterocycles. The van der Waals surface area contributed by atoms with Gasteiger partial charge in [0.1, 0.15) is 5.78 Å². The van der Waals surface area contributed by atoms with E-state index in [0.717, 1.165) is 57.8 Å². The number of carbonyl (C=O) groups excluding carboxylic acids is 1. The number of ketones is 1. The van der Waals surface area contributed by atoms with E-state index in [1.165, 1.54) is 6.42 Å². The molecule has 0 spiro atoms. The van der Waals surface area contributed by atoms with Crippen LogP contribution in [0.5, 0.6) is 0 Å². The van der Waals surface area contributed by atoms with E-state index in [0.29, 0.717) is 18.1 Å². The SMILES string of the molecule is CC(O)(/C=C/[C@H]1CCC(=O)[C@@H]1CCCCCCC(=O)O)CC1C=CCCC1. The van der Waals surface area contributed by atoms with E-state index in [-0.39, 0.29) is 18.3 Å². The van der Waals surface area contributed by atoms with Gasteiger partial charge in [0.25, 0.3) is 0 Å². The molecule has 2 N–H and O–H groups in total. The van der Waals surface area contributed by atoms with Crippen LogP contribution in [0.3, 0.4) is 0 Å². The molecule has 2 unspecified atom stereocenters. The Bertz CT molecular complexity index is 547. The molecular weight excluding hydrogens is 340 g/mol. The summed E-state index contributed by atoms with van der Waals surface area (Å²) in [5.74, 6) is 0.383. The van der Waals surface area contributed by atoms with Crippen molar-refractivity contribution in [2.24, 2.45) is 17.8 Å². The molecule has 1 fully saturated rings. The number of hydrogen-bond donors (Lipinski definition) is 2. The molecule has 0 aromatic heterocycles. The molecule has 2 aliphatic carbocycles. The van der Waals surface area contributed by atoms with Gasteiger partial charge in [-0.3, -0.25) is 9.59 Å². The summed E-state index contributed by atoms with van der Waals surface area (Å²) in [6, 6.07) is 0. The fraction of sp³-hybridized carbons (Fsp3) is 0.739. The Hall–Kier alpha value is -1.42. The van der Waals surface area contributed by atoms with Gasteiger partial charge in [-0.2, -0.15) is 0 Å². The Morgan fingerprint density at radius 1 is 1.26 bits per heavy atom. The fourth-order valence-electron chi connectivity index (χ4n) is 4.52. The Kier molecular flexibility index (Phi) is 8.75. The molecule has 152 valence electrons. The number of aliphatic carboxylic acids is 1. The van der Waals surface area contributed by atoms with Gasteiger partial charge in [-0.25, -0.2) is 0 Å². The van der Waals surface area contributed by atoms with E-state index in [1.807, 2.05) is 13.0 Å². The maximum Gasteiger partial charge on any atom is 0.303 e. The molecule has 0 radical (unpaired) electrons. The highest BCUT2D eigenvalue weighted by Crippen LogP contribution is 2.35. The number of rotatable bonds is 11. The molecule has 2 rings (SSSR count). The normalized spacial score (nSPS) is 27.9. The fourth-order valence-corrected chi connectivity index (χ4v) is 4.52. The number of carbonyl (C=O) groups is 2. The van der Waals surface area contributed by atoms with Crippen LogP contribution >= 0.6 is 0 Å². The summed E-state index contributed by atoms with van der Waals surface area (Å²) in [7, 11) is 0. The van der Waals surface area contributed by atoms with Gasteiger partial charge in [0.05, 0.1) is 5.60 Å². The van der Waals surface area contributed by atoms with Crippen molar-refractivity contribution in [2.75, 3.05) is 0 Å². The zero-order valence-corrected chi connectivity index (χ0v) is 16.7. The Morgan fingerprint density at radius 2 is 2.04 bits per heavy atom. The predicted octanol–water partition coefficient (Wildman–Crippen LogP) is 5.06. The van der Waals surface area contributed by atoms with Gasteiger partial charge in [-0.1, -0.05) is 43.6 Å². The summed E-state index contributed by atoms with van der Waals surface area (Å²) in [6.45, 7) is 1.88. The van der Waals surface area contributed by atoms with Crippen LogP contribution in [0.4, 0.5) is 0 Å². The molecule has 27 heavy (non-hydrogen) atoms. The summed E-state index contributed by atoms with van der Waals surface area (Å²) in [5, 5.41) is 19.4. The number of carboxylic acids is 1. The molecule has 0 bridgehead atoms. The van der Waals surface area contributed by atoms with Gasteiger partial charge in [-0.05, 0) is 63.7 Å². The molecule has 0 aromatic rings. The number of Topliss-reactive ketones (excluding diaryl/α,β-unsaturated/α-hetero) is 1. The second-order valence-corrected chi connectivity index (χ2v) is 8.66. The number of carboxylic acid groups (broad SMARTS) is 1. The zero-order chi connectivity index (χ0) is 19.7. The quantitative estimate of drug-likeness (QED) is 0.390. The first kappa shape index (κ1) is 21.9. The molecule has 0 aromatic carbocycles. The highest BCUT2D eigenvalue weighted by atomic mass is 16.4. The molecule has 4 nitrogen and oxygen atoms in total. The summed E-state index contributed by atoms with van der Waals surface area (Å²) in [6.07, 6.45) is 19.0. The smallest absolute Gasteiger partial charge is 0.303 e. The van der Waals surface area contributed by atoms with Crippen LogP contribution in [0.1, 0.15) is 84.0 Å². The summed E-state index contributed by atoms with van der Waals surface area (Å²) in [4.78, 5) is 22.8. The highest BCUT2D eigenvalue weighted by Gasteiger charge is 2.33. The lowest BCUT2D eigenvalue weighted by atomic mass is 9.83. The molecule has 0 amide bonds. The van der Waals surface area contributed by atoms with E-state index in [2.05, 4.69) is 18.2 Å². The third kappa shape index (κ3) is 8.00. The van der Waals surface area contributed by atoms with Crippen LogP contribution in [0.25, 0.3) is 0 Å². The summed E-state index contributed by atoms with van der Waals surface area (Å²) >= 11 is 0.